The SMILES string of the molecule is Cc1cccc(-n2c(C)nnc2SC(C)C(=O)Nc2cccc(S(N)(=O)=O)c2)c1. The van der Waals surface area contributed by atoms with E-state index in [1.54, 1.807) is 13.0 Å². The van der Waals surface area contributed by atoms with E-state index in [2.05, 4.69) is 15.5 Å². The molecule has 0 aliphatic heterocycles. The van der Waals surface area contributed by atoms with Crippen molar-refractivity contribution in [1.29, 1.82) is 0 Å². The van der Waals surface area contributed by atoms with E-state index in [4.69, 9.17) is 5.14 Å². The number of nitrogens with one attached hydrogen (secondary N) is 1. The lowest BCUT2D eigenvalue weighted by Gasteiger charge is -2.14. The molecule has 0 radical (unpaired) electrons. The highest BCUT2D eigenvalue weighted by atomic mass is 32.2. The van der Waals surface area contributed by atoms with Crippen molar-refractivity contribution in [3.8, 4) is 5.69 Å². The summed E-state index contributed by atoms with van der Waals surface area (Å²) in [4.78, 5) is 12.6. The van der Waals surface area contributed by atoms with Crippen LogP contribution >= 0.6 is 11.8 Å². The van der Waals surface area contributed by atoms with Crippen molar-refractivity contribution in [2.45, 2.75) is 36.1 Å². The van der Waals surface area contributed by atoms with Crippen molar-refractivity contribution in [1.82, 2.24) is 14.8 Å². The second-order valence-corrected chi connectivity index (χ2v) is 9.40. The fraction of sp³-hybridized carbons (Fsp3) is 0.211. The van der Waals surface area contributed by atoms with Crippen LogP contribution in [0.2, 0.25) is 0 Å². The number of anilines is 1. The second-order valence-electron chi connectivity index (χ2n) is 6.53. The number of amides is 1. The Morgan fingerprint density at radius 3 is 2.55 bits per heavy atom. The fourth-order valence-corrected chi connectivity index (χ4v) is 4.16. The number of benzene rings is 2. The Labute approximate surface area is 173 Å². The molecule has 152 valence electrons. The molecule has 10 heteroatoms. The molecule has 3 rings (SSSR count). The van der Waals surface area contributed by atoms with Gasteiger partial charge in [-0.2, -0.15) is 0 Å². The summed E-state index contributed by atoms with van der Waals surface area (Å²) in [5.74, 6) is 0.421. The Morgan fingerprint density at radius 1 is 1.14 bits per heavy atom. The van der Waals surface area contributed by atoms with E-state index in [0.717, 1.165) is 11.3 Å². The average molecular weight is 432 g/mol. The van der Waals surface area contributed by atoms with Gasteiger partial charge in [0.2, 0.25) is 15.9 Å². The van der Waals surface area contributed by atoms with Gasteiger partial charge in [0.25, 0.3) is 0 Å². The molecule has 0 fully saturated rings. The first kappa shape index (κ1) is 21.0. The van der Waals surface area contributed by atoms with Gasteiger partial charge in [0.05, 0.1) is 10.1 Å². The topological polar surface area (TPSA) is 120 Å². The number of hydrogen-bond acceptors (Lipinski definition) is 6. The molecule has 0 saturated heterocycles. The number of sulfonamides is 1. The first-order chi connectivity index (χ1) is 13.6. The molecule has 1 heterocycles. The van der Waals surface area contributed by atoms with E-state index in [9.17, 15) is 13.2 Å². The van der Waals surface area contributed by atoms with E-state index in [1.165, 1.54) is 30.0 Å². The summed E-state index contributed by atoms with van der Waals surface area (Å²) in [6, 6.07) is 13.7. The molecule has 2 aromatic carbocycles. The minimum Gasteiger partial charge on any atom is -0.325 e. The molecule has 1 aromatic heterocycles. The maximum Gasteiger partial charge on any atom is 0.238 e. The summed E-state index contributed by atoms with van der Waals surface area (Å²) in [6.45, 7) is 5.60. The summed E-state index contributed by atoms with van der Waals surface area (Å²) < 4.78 is 24.9. The Kier molecular flexibility index (Phi) is 6.06. The smallest absolute Gasteiger partial charge is 0.238 e. The maximum absolute atomic E-state index is 12.6. The zero-order chi connectivity index (χ0) is 21.2. The Morgan fingerprint density at radius 2 is 1.86 bits per heavy atom. The summed E-state index contributed by atoms with van der Waals surface area (Å²) in [7, 11) is -3.85. The second kappa shape index (κ2) is 8.36. The van der Waals surface area contributed by atoms with Crippen LogP contribution in [0.4, 0.5) is 5.69 Å². The third-order valence-corrected chi connectivity index (χ3v) is 6.09. The van der Waals surface area contributed by atoms with Gasteiger partial charge in [-0.1, -0.05) is 30.0 Å². The molecule has 0 spiro atoms. The molecule has 0 aliphatic carbocycles. The Bertz CT molecular complexity index is 1160. The highest BCUT2D eigenvalue weighted by molar-refractivity contribution is 8.00. The van der Waals surface area contributed by atoms with Gasteiger partial charge in [0.15, 0.2) is 5.16 Å². The van der Waals surface area contributed by atoms with E-state index >= 15 is 0 Å². The molecule has 0 saturated carbocycles. The Hall–Kier alpha value is -2.69. The maximum atomic E-state index is 12.6. The van der Waals surface area contributed by atoms with E-state index in [0.29, 0.717) is 16.7 Å². The fourth-order valence-electron chi connectivity index (χ4n) is 2.69. The van der Waals surface area contributed by atoms with Gasteiger partial charge >= 0.3 is 0 Å². The zero-order valence-corrected chi connectivity index (χ0v) is 17.8. The number of thioether (sulfide) groups is 1. The van der Waals surface area contributed by atoms with E-state index in [-0.39, 0.29) is 10.8 Å². The number of aromatic nitrogens is 3. The highest BCUT2D eigenvalue weighted by Crippen LogP contribution is 2.27. The number of hydrogen-bond donors (Lipinski definition) is 2. The summed E-state index contributed by atoms with van der Waals surface area (Å²) in [5.41, 5.74) is 2.38. The molecule has 0 bridgehead atoms. The first-order valence-electron chi connectivity index (χ1n) is 8.74. The van der Waals surface area contributed by atoms with Crippen molar-refractivity contribution in [2.24, 2.45) is 5.14 Å². The standard InChI is InChI=1S/C19H21N5O3S2/c1-12-6-4-8-16(10-12)24-14(3)22-23-19(24)28-13(2)18(25)21-15-7-5-9-17(11-15)29(20,26)27/h4-11,13H,1-3H3,(H,21,25)(H2,20,26,27). The molecular weight excluding hydrogens is 410 g/mol. The van der Waals surface area contributed by atoms with Crippen LogP contribution in [-0.2, 0) is 14.8 Å². The van der Waals surface area contributed by atoms with Crippen LogP contribution in [0.15, 0.2) is 58.6 Å². The van der Waals surface area contributed by atoms with E-state index in [1.807, 2.05) is 42.7 Å². The lowest BCUT2D eigenvalue weighted by Crippen LogP contribution is -2.23. The molecule has 29 heavy (non-hydrogen) atoms. The molecule has 1 unspecified atom stereocenters. The molecule has 0 aliphatic rings. The summed E-state index contributed by atoms with van der Waals surface area (Å²) in [5, 5.41) is 16.3. The molecule has 3 aromatic rings. The van der Waals surface area contributed by atoms with Gasteiger partial charge in [-0.05, 0) is 56.7 Å². The normalized spacial score (nSPS) is 12.6. The minimum absolute atomic E-state index is 0.0644. The number of nitrogens with zero attached hydrogens (tertiary/aromatic N) is 3. The van der Waals surface area contributed by atoms with Gasteiger partial charge in [-0.15, -0.1) is 10.2 Å². The average Bonchev–Trinajstić information content (AvgIpc) is 3.01. The predicted molar refractivity (Wildman–Crippen MR) is 113 cm³/mol. The number of rotatable bonds is 6. The lowest BCUT2D eigenvalue weighted by molar-refractivity contribution is -0.115. The van der Waals surface area contributed by atoms with Gasteiger partial charge in [0, 0.05) is 11.4 Å². The van der Waals surface area contributed by atoms with Crippen LogP contribution in [0, 0.1) is 13.8 Å². The van der Waals surface area contributed by atoms with Crippen LogP contribution in [-0.4, -0.2) is 34.3 Å². The summed E-state index contributed by atoms with van der Waals surface area (Å²) in [6.07, 6.45) is 0. The van der Waals surface area contributed by atoms with Crippen molar-refractivity contribution in [3.05, 3.63) is 59.9 Å². The molecule has 1 amide bonds. The van der Waals surface area contributed by atoms with Crippen LogP contribution in [0.25, 0.3) is 5.69 Å². The molecule has 8 nitrogen and oxygen atoms in total. The van der Waals surface area contributed by atoms with Crippen molar-refractivity contribution >= 4 is 33.4 Å². The largest absolute Gasteiger partial charge is 0.325 e. The number of primary sulfonamides is 1. The number of aryl methyl sites for hydroxylation is 2. The minimum atomic E-state index is -3.85. The first-order valence-corrected chi connectivity index (χ1v) is 11.2. The lowest BCUT2D eigenvalue weighted by atomic mass is 10.2. The van der Waals surface area contributed by atoms with Crippen LogP contribution in [0.3, 0.4) is 0 Å². The quantitative estimate of drug-likeness (QED) is 0.579. The van der Waals surface area contributed by atoms with Gasteiger partial charge in [-0.3, -0.25) is 9.36 Å². The van der Waals surface area contributed by atoms with Crippen LogP contribution in [0.5, 0.6) is 0 Å². The van der Waals surface area contributed by atoms with E-state index < -0.39 is 15.3 Å². The third kappa shape index (κ3) is 5.03. The van der Waals surface area contributed by atoms with Gasteiger partial charge in [-0.25, -0.2) is 13.6 Å². The van der Waals surface area contributed by atoms with Crippen molar-refractivity contribution < 1.29 is 13.2 Å². The third-order valence-electron chi connectivity index (χ3n) is 4.14. The van der Waals surface area contributed by atoms with Crippen LogP contribution < -0.4 is 10.5 Å². The molecular formula is C19H21N5O3S2. The number of carbonyl (C=O) groups excluding carboxylic acids is 1. The monoisotopic (exact) mass is 431 g/mol. The van der Waals surface area contributed by atoms with Crippen molar-refractivity contribution in [2.75, 3.05) is 5.32 Å². The number of nitrogens with two attached hydrogens (primary N) is 1. The van der Waals surface area contributed by atoms with Gasteiger partial charge in [0.1, 0.15) is 5.82 Å². The van der Waals surface area contributed by atoms with Crippen LogP contribution in [0.1, 0.15) is 18.3 Å². The highest BCUT2D eigenvalue weighted by Gasteiger charge is 2.20. The molecule has 1 atom stereocenters. The predicted octanol–water partition coefficient (Wildman–Crippen LogP) is 2.65. The zero-order valence-electron chi connectivity index (χ0n) is 16.2. The van der Waals surface area contributed by atoms with Gasteiger partial charge < -0.3 is 5.32 Å². The Balaban J connectivity index is 1.78. The molecule has 3 N–H and O–H groups in total. The summed E-state index contributed by atoms with van der Waals surface area (Å²) >= 11 is 1.26. The van der Waals surface area contributed by atoms with Crippen molar-refractivity contribution in [3.63, 3.8) is 0 Å². The number of carbonyl (C=O) groups is 1.